The lowest BCUT2D eigenvalue weighted by Gasteiger charge is -2.02. The number of aryl methyl sites for hydroxylation is 1. The topological polar surface area (TPSA) is 80.5 Å². The van der Waals surface area contributed by atoms with Crippen molar-refractivity contribution in [1.82, 2.24) is 25.4 Å². The van der Waals surface area contributed by atoms with Crippen molar-refractivity contribution in [2.75, 3.05) is 0 Å². The van der Waals surface area contributed by atoms with Gasteiger partial charge < -0.3 is 4.42 Å². The number of thioether (sulfide) groups is 1. The molecule has 0 fully saturated rings. The van der Waals surface area contributed by atoms with Crippen LogP contribution in [0.3, 0.4) is 0 Å². The lowest BCUT2D eigenvalue weighted by atomic mass is 10.1. The Balaban J connectivity index is 1.46. The maximum atomic E-state index is 13.1. The number of hydrogen-bond donors (Lipinski definition) is 1. The quantitative estimate of drug-likeness (QED) is 0.459. The third kappa shape index (κ3) is 3.96. The highest BCUT2D eigenvalue weighted by Crippen LogP contribution is 2.34. The van der Waals surface area contributed by atoms with Crippen LogP contribution >= 0.6 is 11.8 Å². The second-order valence-corrected chi connectivity index (χ2v) is 7.54. The lowest BCUT2D eigenvalue weighted by molar-refractivity contribution is 0.509. The molecule has 8 heteroatoms. The Hall–Kier alpha value is -3.00. The zero-order valence-electron chi connectivity index (χ0n) is 15.4. The third-order valence-electron chi connectivity index (χ3n) is 4.26. The van der Waals surface area contributed by atoms with E-state index in [1.54, 1.807) is 12.1 Å². The first kappa shape index (κ1) is 18.4. The number of nitrogens with one attached hydrogen (secondary N) is 1. The normalized spacial score (nSPS) is 12.2. The molecule has 0 aliphatic carbocycles. The standard InChI is InChI=1S/C20H18FN5OS/c1-3-13-4-6-14(7-5-13)17-22-20(26-23-17)28-12(2)18-24-25-19(27-18)15-8-10-16(21)11-9-15/h4-12H,3H2,1-2H3,(H,22,23,26)/t12-/m0/s1. The minimum absolute atomic E-state index is 0.132. The van der Waals surface area contributed by atoms with Crippen molar-refractivity contribution in [2.24, 2.45) is 0 Å². The summed E-state index contributed by atoms with van der Waals surface area (Å²) in [6.45, 7) is 4.07. The lowest BCUT2D eigenvalue weighted by Crippen LogP contribution is -1.89. The fourth-order valence-corrected chi connectivity index (χ4v) is 3.40. The smallest absolute Gasteiger partial charge is 0.247 e. The van der Waals surface area contributed by atoms with E-state index < -0.39 is 0 Å². The summed E-state index contributed by atoms with van der Waals surface area (Å²) in [4.78, 5) is 4.54. The summed E-state index contributed by atoms with van der Waals surface area (Å²) in [5, 5.41) is 15.9. The minimum Gasteiger partial charge on any atom is -0.419 e. The van der Waals surface area contributed by atoms with Gasteiger partial charge >= 0.3 is 0 Å². The summed E-state index contributed by atoms with van der Waals surface area (Å²) in [6, 6.07) is 14.2. The van der Waals surface area contributed by atoms with Crippen LogP contribution < -0.4 is 0 Å². The van der Waals surface area contributed by atoms with E-state index in [0.717, 1.165) is 17.8 Å². The average Bonchev–Trinajstić information content (AvgIpc) is 3.39. The van der Waals surface area contributed by atoms with Crippen molar-refractivity contribution in [2.45, 2.75) is 30.7 Å². The van der Waals surface area contributed by atoms with Crippen molar-refractivity contribution in [3.8, 4) is 22.8 Å². The summed E-state index contributed by atoms with van der Waals surface area (Å²) in [7, 11) is 0. The SMILES string of the molecule is CCc1ccc(-c2nc(S[C@@H](C)c3nnc(-c4ccc(F)cc4)o3)n[nH]2)cc1. The minimum atomic E-state index is -0.308. The molecule has 0 bridgehead atoms. The molecule has 0 aliphatic heterocycles. The van der Waals surface area contributed by atoms with Gasteiger partial charge in [-0.05, 0) is 43.2 Å². The largest absolute Gasteiger partial charge is 0.419 e. The van der Waals surface area contributed by atoms with Crippen LogP contribution in [0.15, 0.2) is 58.1 Å². The second-order valence-electron chi connectivity index (χ2n) is 6.23. The average molecular weight is 395 g/mol. The molecule has 142 valence electrons. The zero-order valence-corrected chi connectivity index (χ0v) is 16.2. The number of hydrogen-bond acceptors (Lipinski definition) is 6. The maximum Gasteiger partial charge on any atom is 0.247 e. The summed E-state index contributed by atoms with van der Waals surface area (Å²) in [5.74, 6) is 1.23. The van der Waals surface area contributed by atoms with Gasteiger partial charge in [-0.2, -0.15) is 0 Å². The first-order valence-electron chi connectivity index (χ1n) is 8.90. The van der Waals surface area contributed by atoms with Crippen molar-refractivity contribution >= 4 is 11.8 Å². The van der Waals surface area contributed by atoms with Gasteiger partial charge in [-0.25, -0.2) is 9.37 Å². The van der Waals surface area contributed by atoms with Gasteiger partial charge in [0.1, 0.15) is 5.82 Å². The highest BCUT2D eigenvalue weighted by molar-refractivity contribution is 7.99. The first-order valence-corrected chi connectivity index (χ1v) is 9.78. The number of rotatable bonds is 6. The van der Waals surface area contributed by atoms with Gasteiger partial charge in [-0.3, -0.25) is 5.10 Å². The van der Waals surface area contributed by atoms with Crippen LogP contribution in [0.1, 0.15) is 30.6 Å². The fraction of sp³-hybridized carbons (Fsp3) is 0.200. The van der Waals surface area contributed by atoms with Crippen molar-refractivity contribution in [1.29, 1.82) is 0 Å². The van der Waals surface area contributed by atoms with Crippen LogP contribution in [0.2, 0.25) is 0 Å². The molecule has 0 amide bonds. The van der Waals surface area contributed by atoms with Crippen LogP contribution in [0.4, 0.5) is 4.39 Å². The number of H-pyrrole nitrogens is 1. The molecule has 2 heterocycles. The monoisotopic (exact) mass is 395 g/mol. The molecule has 0 saturated carbocycles. The molecule has 0 aliphatic rings. The predicted octanol–water partition coefficient (Wildman–Crippen LogP) is 5.08. The highest BCUT2D eigenvalue weighted by atomic mass is 32.2. The molecule has 28 heavy (non-hydrogen) atoms. The van der Waals surface area contributed by atoms with Gasteiger partial charge in [0.25, 0.3) is 0 Å². The summed E-state index contributed by atoms with van der Waals surface area (Å²) in [6.07, 6.45) is 0.999. The number of nitrogens with zero attached hydrogens (tertiary/aromatic N) is 4. The molecule has 2 aromatic carbocycles. The first-order chi connectivity index (χ1) is 13.6. The Bertz CT molecular complexity index is 1060. The van der Waals surface area contributed by atoms with E-state index in [2.05, 4.69) is 44.4 Å². The van der Waals surface area contributed by atoms with E-state index in [-0.39, 0.29) is 11.1 Å². The molecular weight excluding hydrogens is 377 g/mol. The molecule has 0 saturated heterocycles. The van der Waals surface area contributed by atoms with Gasteiger partial charge in [-0.1, -0.05) is 43.0 Å². The Morgan fingerprint density at radius 1 is 1.04 bits per heavy atom. The molecule has 1 N–H and O–H groups in total. The van der Waals surface area contributed by atoms with Crippen LogP contribution in [0.25, 0.3) is 22.8 Å². The zero-order chi connectivity index (χ0) is 19.5. The van der Waals surface area contributed by atoms with Crippen molar-refractivity contribution < 1.29 is 8.81 Å². The molecule has 2 aromatic heterocycles. The maximum absolute atomic E-state index is 13.1. The van der Waals surface area contributed by atoms with E-state index in [0.29, 0.717) is 22.5 Å². The Kier molecular flexibility index (Phi) is 5.21. The molecule has 1 atom stereocenters. The summed E-state index contributed by atoms with van der Waals surface area (Å²) >= 11 is 1.42. The Morgan fingerprint density at radius 2 is 1.75 bits per heavy atom. The van der Waals surface area contributed by atoms with Gasteiger partial charge in [0.15, 0.2) is 5.82 Å². The Morgan fingerprint density at radius 3 is 2.46 bits per heavy atom. The molecule has 6 nitrogen and oxygen atoms in total. The Labute approximate surface area is 165 Å². The molecule has 0 unspecified atom stereocenters. The molecular formula is C20H18FN5OS. The van der Waals surface area contributed by atoms with E-state index in [1.807, 2.05) is 19.1 Å². The van der Waals surface area contributed by atoms with Crippen LogP contribution in [0, 0.1) is 5.82 Å². The molecule has 4 aromatic rings. The third-order valence-corrected chi connectivity index (χ3v) is 5.21. The van der Waals surface area contributed by atoms with Gasteiger partial charge in [0, 0.05) is 11.1 Å². The van der Waals surface area contributed by atoms with Crippen LogP contribution in [-0.2, 0) is 6.42 Å². The fourth-order valence-electron chi connectivity index (χ4n) is 2.64. The van der Waals surface area contributed by atoms with Crippen molar-refractivity contribution in [3.63, 3.8) is 0 Å². The molecule has 0 spiro atoms. The van der Waals surface area contributed by atoms with Crippen LogP contribution in [-0.4, -0.2) is 25.4 Å². The van der Waals surface area contributed by atoms with Gasteiger partial charge in [0.2, 0.25) is 16.9 Å². The molecule has 0 radical (unpaired) electrons. The number of benzene rings is 2. The van der Waals surface area contributed by atoms with E-state index in [1.165, 1.54) is 29.5 Å². The summed E-state index contributed by atoms with van der Waals surface area (Å²) < 4.78 is 18.8. The number of aromatic amines is 1. The predicted molar refractivity (Wildman–Crippen MR) is 105 cm³/mol. The highest BCUT2D eigenvalue weighted by Gasteiger charge is 2.19. The summed E-state index contributed by atoms with van der Waals surface area (Å²) in [5.41, 5.74) is 2.94. The van der Waals surface area contributed by atoms with Gasteiger partial charge in [-0.15, -0.1) is 15.3 Å². The van der Waals surface area contributed by atoms with E-state index >= 15 is 0 Å². The van der Waals surface area contributed by atoms with E-state index in [9.17, 15) is 4.39 Å². The molecule has 4 rings (SSSR count). The van der Waals surface area contributed by atoms with Crippen LogP contribution in [0.5, 0.6) is 0 Å². The number of aromatic nitrogens is 5. The van der Waals surface area contributed by atoms with Gasteiger partial charge in [0.05, 0.1) is 5.25 Å². The number of halogens is 1. The van der Waals surface area contributed by atoms with E-state index in [4.69, 9.17) is 4.42 Å². The van der Waals surface area contributed by atoms with Crippen molar-refractivity contribution in [3.05, 3.63) is 65.8 Å². The second kappa shape index (κ2) is 7.93.